The zero-order chi connectivity index (χ0) is 13.0. The van der Waals surface area contributed by atoms with Gasteiger partial charge in [0.1, 0.15) is 6.04 Å². The lowest BCUT2D eigenvalue weighted by Crippen LogP contribution is -2.25. The number of benzene rings is 2. The van der Waals surface area contributed by atoms with E-state index in [4.69, 9.17) is 5.11 Å². The smallest absolute Gasteiger partial charge is 0.325 e. The van der Waals surface area contributed by atoms with Crippen molar-refractivity contribution in [1.82, 2.24) is 0 Å². The molecule has 0 saturated carbocycles. The molecule has 92 valence electrons. The first kappa shape index (κ1) is 12.2. The predicted octanol–water partition coefficient (Wildman–Crippen LogP) is 3.24. The SMILES string of the molecule is C[C@H](Nc1ccccc1-c1ccccc1)C(=O)O. The van der Waals surface area contributed by atoms with Crippen LogP contribution in [0.15, 0.2) is 54.6 Å². The highest BCUT2D eigenvalue weighted by molar-refractivity contribution is 5.82. The average Bonchev–Trinajstić information content (AvgIpc) is 2.40. The number of para-hydroxylation sites is 1. The van der Waals surface area contributed by atoms with Crippen LogP contribution >= 0.6 is 0 Å². The monoisotopic (exact) mass is 241 g/mol. The minimum Gasteiger partial charge on any atom is -0.480 e. The Morgan fingerprint density at radius 3 is 2.33 bits per heavy atom. The van der Waals surface area contributed by atoms with E-state index in [2.05, 4.69) is 5.32 Å². The van der Waals surface area contributed by atoms with Gasteiger partial charge in [0.2, 0.25) is 0 Å². The van der Waals surface area contributed by atoms with Gasteiger partial charge in [-0.15, -0.1) is 0 Å². The van der Waals surface area contributed by atoms with Gasteiger partial charge in [0.05, 0.1) is 0 Å². The molecule has 0 amide bonds. The van der Waals surface area contributed by atoms with E-state index in [0.29, 0.717) is 0 Å². The number of nitrogens with one attached hydrogen (secondary N) is 1. The van der Waals surface area contributed by atoms with Crippen LogP contribution in [0.25, 0.3) is 11.1 Å². The third kappa shape index (κ3) is 2.69. The van der Waals surface area contributed by atoms with E-state index in [-0.39, 0.29) is 0 Å². The molecule has 0 unspecified atom stereocenters. The van der Waals surface area contributed by atoms with Crippen LogP contribution in [0.2, 0.25) is 0 Å². The molecule has 2 rings (SSSR count). The van der Waals surface area contributed by atoms with E-state index < -0.39 is 12.0 Å². The second-order valence-corrected chi connectivity index (χ2v) is 4.12. The van der Waals surface area contributed by atoms with E-state index in [1.165, 1.54) is 0 Å². The lowest BCUT2D eigenvalue weighted by atomic mass is 10.0. The van der Waals surface area contributed by atoms with Crippen molar-refractivity contribution in [2.24, 2.45) is 0 Å². The first-order valence-electron chi connectivity index (χ1n) is 5.82. The maximum Gasteiger partial charge on any atom is 0.325 e. The van der Waals surface area contributed by atoms with Crippen LogP contribution in [0, 0.1) is 0 Å². The van der Waals surface area contributed by atoms with Crippen molar-refractivity contribution >= 4 is 11.7 Å². The maximum atomic E-state index is 10.9. The molecule has 0 radical (unpaired) electrons. The molecule has 3 heteroatoms. The van der Waals surface area contributed by atoms with Crippen LogP contribution in [0.3, 0.4) is 0 Å². The Morgan fingerprint density at radius 2 is 1.67 bits per heavy atom. The number of anilines is 1. The predicted molar refractivity (Wildman–Crippen MR) is 72.6 cm³/mol. The molecule has 0 bridgehead atoms. The van der Waals surface area contributed by atoms with Gasteiger partial charge < -0.3 is 10.4 Å². The first-order chi connectivity index (χ1) is 8.68. The first-order valence-corrected chi connectivity index (χ1v) is 5.82. The largest absolute Gasteiger partial charge is 0.480 e. The second kappa shape index (κ2) is 5.36. The molecule has 18 heavy (non-hydrogen) atoms. The van der Waals surface area contributed by atoms with E-state index in [1.54, 1.807) is 6.92 Å². The summed E-state index contributed by atoms with van der Waals surface area (Å²) in [6.45, 7) is 1.63. The fraction of sp³-hybridized carbons (Fsp3) is 0.133. The van der Waals surface area contributed by atoms with Crippen molar-refractivity contribution < 1.29 is 9.90 Å². The number of aliphatic carboxylic acids is 1. The van der Waals surface area contributed by atoms with Crippen molar-refractivity contribution in [2.45, 2.75) is 13.0 Å². The van der Waals surface area contributed by atoms with Crippen LogP contribution in [0.4, 0.5) is 5.69 Å². The molecule has 0 heterocycles. The average molecular weight is 241 g/mol. The Bertz CT molecular complexity index is 537. The number of carboxylic acid groups (broad SMARTS) is 1. The van der Waals surface area contributed by atoms with Crippen molar-refractivity contribution in [2.75, 3.05) is 5.32 Å². The zero-order valence-electron chi connectivity index (χ0n) is 10.1. The van der Waals surface area contributed by atoms with E-state index in [0.717, 1.165) is 16.8 Å². The lowest BCUT2D eigenvalue weighted by Gasteiger charge is -2.15. The number of hydrogen-bond donors (Lipinski definition) is 2. The molecule has 0 spiro atoms. The molecular weight excluding hydrogens is 226 g/mol. The van der Waals surface area contributed by atoms with Gasteiger partial charge in [-0.2, -0.15) is 0 Å². The van der Waals surface area contributed by atoms with Crippen LogP contribution in [0.5, 0.6) is 0 Å². The number of rotatable bonds is 4. The summed E-state index contributed by atoms with van der Waals surface area (Å²) in [7, 11) is 0. The highest BCUT2D eigenvalue weighted by atomic mass is 16.4. The highest BCUT2D eigenvalue weighted by Gasteiger charge is 2.12. The maximum absolute atomic E-state index is 10.9. The minimum absolute atomic E-state index is 0.616. The molecule has 0 aliphatic heterocycles. The van der Waals surface area contributed by atoms with E-state index >= 15 is 0 Å². The fourth-order valence-electron chi connectivity index (χ4n) is 1.77. The standard InChI is InChI=1S/C15H15NO2/c1-11(15(17)18)16-14-10-6-5-9-13(14)12-7-3-2-4-8-12/h2-11,16H,1H3,(H,17,18)/t11-/m0/s1. The molecular formula is C15H15NO2. The molecule has 2 aromatic rings. The summed E-state index contributed by atoms with van der Waals surface area (Å²) in [4.78, 5) is 10.9. The lowest BCUT2D eigenvalue weighted by molar-refractivity contribution is -0.137. The summed E-state index contributed by atoms with van der Waals surface area (Å²) in [5.41, 5.74) is 2.91. The molecule has 3 nitrogen and oxygen atoms in total. The van der Waals surface area contributed by atoms with Gasteiger partial charge in [-0.25, -0.2) is 0 Å². The summed E-state index contributed by atoms with van der Waals surface area (Å²) in [6, 6.07) is 17.0. The normalized spacial score (nSPS) is 11.8. The Kier molecular flexibility index (Phi) is 3.63. The molecule has 2 aromatic carbocycles. The molecule has 0 saturated heterocycles. The number of hydrogen-bond acceptors (Lipinski definition) is 2. The summed E-state index contributed by atoms with van der Waals surface area (Å²) < 4.78 is 0. The molecule has 0 fully saturated rings. The van der Waals surface area contributed by atoms with Gasteiger partial charge >= 0.3 is 5.97 Å². The zero-order valence-corrected chi connectivity index (χ0v) is 10.1. The van der Waals surface area contributed by atoms with Gasteiger partial charge in [0, 0.05) is 11.3 Å². The molecule has 0 aliphatic rings. The van der Waals surface area contributed by atoms with Crippen LogP contribution in [0.1, 0.15) is 6.92 Å². The fourth-order valence-corrected chi connectivity index (χ4v) is 1.77. The third-order valence-corrected chi connectivity index (χ3v) is 2.75. The third-order valence-electron chi connectivity index (χ3n) is 2.75. The molecule has 0 aromatic heterocycles. The van der Waals surface area contributed by atoms with Gasteiger partial charge in [-0.1, -0.05) is 48.5 Å². The van der Waals surface area contributed by atoms with E-state index in [9.17, 15) is 4.79 Å². The number of carboxylic acids is 1. The second-order valence-electron chi connectivity index (χ2n) is 4.12. The van der Waals surface area contributed by atoms with Crippen molar-refractivity contribution in [1.29, 1.82) is 0 Å². The molecule has 2 N–H and O–H groups in total. The van der Waals surface area contributed by atoms with Crippen LogP contribution < -0.4 is 5.32 Å². The van der Waals surface area contributed by atoms with Crippen LogP contribution in [-0.4, -0.2) is 17.1 Å². The quantitative estimate of drug-likeness (QED) is 0.864. The Hall–Kier alpha value is -2.29. The molecule has 0 aliphatic carbocycles. The molecule has 1 atom stereocenters. The van der Waals surface area contributed by atoms with Crippen molar-refractivity contribution in [3.05, 3.63) is 54.6 Å². The summed E-state index contributed by atoms with van der Waals surface area (Å²) in [5, 5.41) is 12.0. The minimum atomic E-state index is -0.863. The van der Waals surface area contributed by atoms with Gasteiger partial charge in [0.15, 0.2) is 0 Å². The van der Waals surface area contributed by atoms with Crippen molar-refractivity contribution in [3.63, 3.8) is 0 Å². The topological polar surface area (TPSA) is 49.3 Å². The van der Waals surface area contributed by atoms with Gasteiger partial charge in [-0.3, -0.25) is 4.79 Å². The van der Waals surface area contributed by atoms with Crippen molar-refractivity contribution in [3.8, 4) is 11.1 Å². The number of carbonyl (C=O) groups is 1. The summed E-state index contributed by atoms with van der Waals surface area (Å²) in [6.07, 6.45) is 0. The van der Waals surface area contributed by atoms with Crippen LogP contribution in [-0.2, 0) is 4.79 Å². The Labute approximate surface area is 106 Å². The highest BCUT2D eigenvalue weighted by Crippen LogP contribution is 2.27. The van der Waals surface area contributed by atoms with E-state index in [1.807, 2.05) is 54.6 Å². The Balaban J connectivity index is 2.35. The Morgan fingerprint density at radius 1 is 1.06 bits per heavy atom. The summed E-state index contributed by atoms with van der Waals surface area (Å²) >= 11 is 0. The van der Waals surface area contributed by atoms with Gasteiger partial charge in [-0.05, 0) is 18.6 Å². The summed E-state index contributed by atoms with van der Waals surface area (Å²) in [5.74, 6) is -0.863. The van der Waals surface area contributed by atoms with Gasteiger partial charge in [0.25, 0.3) is 0 Å².